The fraction of sp³-hybridized carbons (Fsp3) is 0.933. The second-order valence-corrected chi connectivity index (χ2v) is 6.49. The molecule has 0 unspecified atom stereocenters. The van der Waals surface area contributed by atoms with Crippen LogP contribution in [0.3, 0.4) is 0 Å². The largest absolute Gasteiger partial charge is 0.340 e. The molecule has 0 aromatic rings. The van der Waals surface area contributed by atoms with Gasteiger partial charge in [-0.2, -0.15) is 0 Å². The molecule has 2 rings (SSSR count). The number of nitrogens with zero attached hydrogens (tertiary/aromatic N) is 3. The highest BCUT2D eigenvalue weighted by Gasteiger charge is 2.32. The molecule has 0 aliphatic carbocycles. The Morgan fingerprint density at radius 1 is 0.947 bits per heavy atom. The van der Waals surface area contributed by atoms with Crippen LogP contribution in [0.15, 0.2) is 0 Å². The van der Waals surface area contributed by atoms with Crippen molar-refractivity contribution in [2.45, 2.75) is 58.7 Å². The van der Waals surface area contributed by atoms with Crippen LogP contribution in [0.2, 0.25) is 0 Å². The van der Waals surface area contributed by atoms with Crippen molar-refractivity contribution in [3.63, 3.8) is 0 Å². The predicted octanol–water partition coefficient (Wildman–Crippen LogP) is 1.41. The first-order chi connectivity index (χ1) is 8.99. The zero-order valence-corrected chi connectivity index (χ0v) is 12.9. The Hall–Kier alpha value is -0.610. The maximum Gasteiger partial charge on any atom is 0.224 e. The van der Waals surface area contributed by atoms with E-state index in [0.717, 1.165) is 45.6 Å². The molecule has 0 spiro atoms. The Balaban J connectivity index is 1.83. The quantitative estimate of drug-likeness (QED) is 0.773. The highest BCUT2D eigenvalue weighted by molar-refractivity contribution is 5.78. The molecule has 1 atom stereocenters. The Morgan fingerprint density at radius 3 is 2.05 bits per heavy atom. The lowest BCUT2D eigenvalue weighted by Crippen LogP contribution is -2.56. The number of carbonyl (C=O) groups excluding carboxylic acids is 1. The summed E-state index contributed by atoms with van der Waals surface area (Å²) in [4.78, 5) is 19.2. The van der Waals surface area contributed by atoms with E-state index in [1.807, 2.05) is 4.90 Å². The fourth-order valence-electron chi connectivity index (χ4n) is 3.31. The van der Waals surface area contributed by atoms with Gasteiger partial charge in [-0.3, -0.25) is 14.6 Å². The van der Waals surface area contributed by atoms with Gasteiger partial charge in [-0.25, -0.2) is 0 Å². The summed E-state index contributed by atoms with van der Waals surface area (Å²) in [6, 6.07) is 1.48. The first-order valence-corrected chi connectivity index (χ1v) is 7.76. The highest BCUT2D eigenvalue weighted by atomic mass is 16.2. The van der Waals surface area contributed by atoms with E-state index >= 15 is 0 Å². The molecule has 2 saturated heterocycles. The minimum absolute atomic E-state index is 0.345. The molecule has 0 radical (unpaired) electrons. The van der Waals surface area contributed by atoms with Crippen molar-refractivity contribution in [1.82, 2.24) is 14.7 Å². The summed E-state index contributed by atoms with van der Waals surface area (Å²) in [5.41, 5.74) is 0. The number of carbonyl (C=O) groups is 1. The molecule has 2 aliphatic rings. The van der Waals surface area contributed by atoms with Gasteiger partial charge in [-0.15, -0.1) is 0 Å². The van der Waals surface area contributed by atoms with Gasteiger partial charge in [0.2, 0.25) is 5.91 Å². The Kier molecular flexibility index (Phi) is 4.85. The lowest BCUT2D eigenvalue weighted by molar-refractivity contribution is -0.138. The molecule has 0 aromatic heterocycles. The average molecular weight is 267 g/mol. The van der Waals surface area contributed by atoms with E-state index in [-0.39, 0.29) is 0 Å². The predicted molar refractivity (Wildman–Crippen MR) is 78.2 cm³/mol. The van der Waals surface area contributed by atoms with E-state index in [0.29, 0.717) is 24.0 Å². The second-order valence-electron chi connectivity index (χ2n) is 6.49. The van der Waals surface area contributed by atoms with E-state index in [4.69, 9.17) is 0 Å². The molecule has 0 saturated carbocycles. The molecule has 2 heterocycles. The minimum Gasteiger partial charge on any atom is -0.340 e. The molecule has 110 valence electrons. The summed E-state index contributed by atoms with van der Waals surface area (Å²) in [5.74, 6) is 0.345. The molecule has 2 aliphatic heterocycles. The van der Waals surface area contributed by atoms with E-state index < -0.39 is 0 Å². The summed E-state index contributed by atoms with van der Waals surface area (Å²) in [6.07, 6.45) is 1.87. The zero-order chi connectivity index (χ0) is 14.0. The summed E-state index contributed by atoms with van der Waals surface area (Å²) >= 11 is 0. The van der Waals surface area contributed by atoms with Gasteiger partial charge in [0.25, 0.3) is 0 Å². The van der Waals surface area contributed by atoms with Crippen LogP contribution in [0.1, 0.15) is 40.5 Å². The maximum atomic E-state index is 12.2. The molecule has 0 N–H and O–H groups in total. The number of hydrogen-bond donors (Lipinski definition) is 0. The summed E-state index contributed by atoms with van der Waals surface area (Å²) in [7, 11) is 0. The monoisotopic (exact) mass is 267 g/mol. The maximum absolute atomic E-state index is 12.2. The number of piperazine rings is 1. The molecule has 1 amide bonds. The van der Waals surface area contributed by atoms with Crippen LogP contribution >= 0.6 is 0 Å². The van der Waals surface area contributed by atoms with Gasteiger partial charge in [0, 0.05) is 57.3 Å². The Labute approximate surface area is 117 Å². The van der Waals surface area contributed by atoms with Gasteiger partial charge in [0.05, 0.1) is 0 Å². The first-order valence-electron chi connectivity index (χ1n) is 7.76. The van der Waals surface area contributed by atoms with Crippen LogP contribution in [0.25, 0.3) is 0 Å². The van der Waals surface area contributed by atoms with Gasteiger partial charge >= 0.3 is 0 Å². The molecular weight excluding hydrogens is 238 g/mol. The third-order valence-electron chi connectivity index (χ3n) is 4.65. The highest BCUT2D eigenvalue weighted by Crippen LogP contribution is 2.21. The molecule has 2 fully saturated rings. The van der Waals surface area contributed by atoms with Crippen molar-refractivity contribution in [1.29, 1.82) is 0 Å². The minimum atomic E-state index is 0.345. The van der Waals surface area contributed by atoms with E-state index in [1.165, 1.54) is 0 Å². The standard InChI is InChI=1S/C15H29N3O/c1-12(2)16-7-9-17(10-8-16)14-5-6-18(13(3)4)15(19)11-14/h12-14H,5-11H2,1-4H3/t14-/m1/s1. The first kappa shape index (κ1) is 14.8. The van der Waals surface area contributed by atoms with Crippen LogP contribution < -0.4 is 0 Å². The van der Waals surface area contributed by atoms with Gasteiger partial charge < -0.3 is 4.90 Å². The third-order valence-corrected chi connectivity index (χ3v) is 4.65. The average Bonchev–Trinajstić information content (AvgIpc) is 2.38. The van der Waals surface area contributed by atoms with Crippen molar-refractivity contribution >= 4 is 5.91 Å². The SMILES string of the molecule is CC(C)N1CCN([C@@H]2CCN(C(C)C)C(=O)C2)CC1. The normalized spacial score (nSPS) is 27.6. The van der Waals surface area contributed by atoms with E-state index in [9.17, 15) is 4.79 Å². The second kappa shape index (κ2) is 6.23. The number of rotatable bonds is 3. The fourth-order valence-corrected chi connectivity index (χ4v) is 3.31. The molecule has 19 heavy (non-hydrogen) atoms. The molecule has 4 heteroatoms. The van der Waals surface area contributed by atoms with Crippen molar-refractivity contribution in [3.05, 3.63) is 0 Å². The van der Waals surface area contributed by atoms with Crippen LogP contribution in [-0.4, -0.2) is 71.5 Å². The number of likely N-dealkylation sites (tertiary alicyclic amines) is 1. The smallest absolute Gasteiger partial charge is 0.224 e. The molecule has 4 nitrogen and oxygen atoms in total. The summed E-state index contributed by atoms with van der Waals surface area (Å²) in [5, 5.41) is 0. The van der Waals surface area contributed by atoms with Crippen molar-refractivity contribution in [2.75, 3.05) is 32.7 Å². The number of hydrogen-bond acceptors (Lipinski definition) is 3. The molecule has 0 aromatic carbocycles. The van der Waals surface area contributed by atoms with Gasteiger partial charge in [-0.1, -0.05) is 0 Å². The number of piperidine rings is 1. The topological polar surface area (TPSA) is 26.8 Å². The van der Waals surface area contributed by atoms with E-state index in [2.05, 4.69) is 37.5 Å². The van der Waals surface area contributed by atoms with Crippen LogP contribution in [0, 0.1) is 0 Å². The molecule has 0 bridgehead atoms. The lowest BCUT2D eigenvalue weighted by Gasteiger charge is -2.44. The lowest BCUT2D eigenvalue weighted by atomic mass is 10.00. The Morgan fingerprint density at radius 2 is 1.58 bits per heavy atom. The van der Waals surface area contributed by atoms with Crippen molar-refractivity contribution in [3.8, 4) is 0 Å². The van der Waals surface area contributed by atoms with Gasteiger partial charge in [0.1, 0.15) is 0 Å². The summed E-state index contributed by atoms with van der Waals surface area (Å²) in [6.45, 7) is 14.2. The van der Waals surface area contributed by atoms with Gasteiger partial charge in [-0.05, 0) is 34.1 Å². The van der Waals surface area contributed by atoms with E-state index in [1.54, 1.807) is 0 Å². The number of amides is 1. The van der Waals surface area contributed by atoms with Gasteiger partial charge in [0.15, 0.2) is 0 Å². The van der Waals surface area contributed by atoms with Crippen molar-refractivity contribution < 1.29 is 4.79 Å². The molecular formula is C15H29N3O. The van der Waals surface area contributed by atoms with Crippen molar-refractivity contribution in [2.24, 2.45) is 0 Å². The van der Waals surface area contributed by atoms with Crippen LogP contribution in [0.5, 0.6) is 0 Å². The van der Waals surface area contributed by atoms with Crippen LogP contribution in [-0.2, 0) is 4.79 Å². The third kappa shape index (κ3) is 3.48. The Bertz CT molecular complexity index is 309. The zero-order valence-electron chi connectivity index (χ0n) is 12.9. The summed E-state index contributed by atoms with van der Waals surface area (Å²) < 4.78 is 0. The van der Waals surface area contributed by atoms with Crippen LogP contribution in [0.4, 0.5) is 0 Å².